The van der Waals surface area contributed by atoms with Gasteiger partial charge >= 0.3 is 0 Å². The Morgan fingerprint density at radius 3 is 2.73 bits per heavy atom. The number of hydrogen-bond donors (Lipinski definition) is 2. The van der Waals surface area contributed by atoms with E-state index in [2.05, 4.69) is 29.1 Å². The van der Waals surface area contributed by atoms with E-state index in [-0.39, 0.29) is 0 Å². The van der Waals surface area contributed by atoms with Gasteiger partial charge in [0.25, 0.3) is 0 Å². The first-order valence-corrected chi connectivity index (χ1v) is 5.22. The van der Waals surface area contributed by atoms with Crippen LogP contribution in [0.15, 0.2) is 18.6 Å². The summed E-state index contributed by atoms with van der Waals surface area (Å²) in [6.45, 7) is 7.37. The summed E-state index contributed by atoms with van der Waals surface area (Å²) < 4.78 is 0. The van der Waals surface area contributed by atoms with Crippen molar-refractivity contribution in [2.45, 2.75) is 26.4 Å². The fourth-order valence-corrected chi connectivity index (χ4v) is 1.27. The highest BCUT2D eigenvalue weighted by atomic mass is 16.3. The van der Waals surface area contributed by atoms with Crippen LogP contribution in [0.2, 0.25) is 0 Å². The first-order valence-electron chi connectivity index (χ1n) is 5.22. The average Bonchev–Trinajstić information content (AvgIpc) is 2.18. The molecule has 0 spiro atoms. The fraction of sp³-hybridized carbons (Fsp3) is 0.636. The number of nitrogens with zero attached hydrogens (tertiary/aromatic N) is 2. The molecule has 0 saturated heterocycles. The van der Waals surface area contributed by atoms with Gasteiger partial charge in [0.05, 0.1) is 11.9 Å². The Labute approximate surface area is 90.8 Å². The van der Waals surface area contributed by atoms with Crippen LogP contribution in [-0.2, 0) is 5.60 Å². The third-order valence-electron chi connectivity index (χ3n) is 2.14. The maximum Gasteiger partial charge on any atom is 0.118 e. The summed E-state index contributed by atoms with van der Waals surface area (Å²) in [4.78, 5) is 8.04. The molecule has 0 amide bonds. The molecule has 1 aromatic heterocycles. The second-order valence-corrected chi connectivity index (χ2v) is 4.39. The van der Waals surface area contributed by atoms with Crippen molar-refractivity contribution in [3.8, 4) is 0 Å². The number of hydrogen-bond acceptors (Lipinski definition) is 4. The molecule has 1 heterocycles. The molecule has 0 bridgehead atoms. The molecule has 1 atom stereocenters. The van der Waals surface area contributed by atoms with Crippen LogP contribution < -0.4 is 5.32 Å². The Morgan fingerprint density at radius 1 is 1.47 bits per heavy atom. The lowest BCUT2D eigenvalue weighted by Crippen LogP contribution is -2.37. The molecule has 0 saturated carbocycles. The highest BCUT2D eigenvalue weighted by Crippen LogP contribution is 2.15. The van der Waals surface area contributed by atoms with Gasteiger partial charge in [-0.25, -0.2) is 0 Å². The predicted molar refractivity (Wildman–Crippen MR) is 59.3 cm³/mol. The number of aliphatic hydroxyl groups is 1. The van der Waals surface area contributed by atoms with Gasteiger partial charge in [-0.05, 0) is 19.4 Å². The summed E-state index contributed by atoms with van der Waals surface area (Å²) in [5.74, 6) is 0.572. The van der Waals surface area contributed by atoms with E-state index in [4.69, 9.17) is 0 Å². The van der Waals surface area contributed by atoms with Crippen molar-refractivity contribution in [1.82, 2.24) is 15.3 Å². The summed E-state index contributed by atoms with van der Waals surface area (Å²) >= 11 is 0. The molecule has 1 rings (SSSR count). The SMILES string of the molecule is CC(C)CNCC(C)(O)c1cnccn1. The zero-order valence-corrected chi connectivity index (χ0v) is 9.57. The van der Waals surface area contributed by atoms with Gasteiger partial charge in [0.1, 0.15) is 5.60 Å². The van der Waals surface area contributed by atoms with E-state index in [1.54, 1.807) is 25.5 Å². The van der Waals surface area contributed by atoms with E-state index in [1.165, 1.54) is 0 Å². The minimum absolute atomic E-state index is 0.490. The largest absolute Gasteiger partial charge is 0.382 e. The third kappa shape index (κ3) is 3.93. The minimum atomic E-state index is -0.955. The maximum atomic E-state index is 10.1. The van der Waals surface area contributed by atoms with Gasteiger partial charge in [0, 0.05) is 18.9 Å². The van der Waals surface area contributed by atoms with Crippen LogP contribution in [-0.4, -0.2) is 28.2 Å². The molecular formula is C11H19N3O. The van der Waals surface area contributed by atoms with E-state index in [0.29, 0.717) is 18.2 Å². The second kappa shape index (κ2) is 5.19. The van der Waals surface area contributed by atoms with Gasteiger partial charge in [0.15, 0.2) is 0 Å². The Hall–Kier alpha value is -1.00. The van der Waals surface area contributed by atoms with Gasteiger partial charge in [-0.2, -0.15) is 0 Å². The molecule has 0 radical (unpaired) electrons. The van der Waals surface area contributed by atoms with E-state index in [0.717, 1.165) is 6.54 Å². The van der Waals surface area contributed by atoms with Crippen LogP contribution in [0.5, 0.6) is 0 Å². The van der Waals surface area contributed by atoms with Gasteiger partial charge in [-0.3, -0.25) is 9.97 Å². The highest BCUT2D eigenvalue weighted by molar-refractivity contribution is 5.06. The lowest BCUT2D eigenvalue weighted by molar-refractivity contribution is 0.0515. The van der Waals surface area contributed by atoms with Crippen molar-refractivity contribution in [1.29, 1.82) is 0 Å². The summed E-state index contributed by atoms with van der Waals surface area (Å²) in [6, 6.07) is 0. The second-order valence-electron chi connectivity index (χ2n) is 4.39. The zero-order valence-electron chi connectivity index (χ0n) is 9.57. The Morgan fingerprint density at radius 2 is 2.20 bits per heavy atom. The standard InChI is InChI=1S/C11H19N3O/c1-9(2)6-13-8-11(3,15)10-7-12-4-5-14-10/h4-5,7,9,13,15H,6,8H2,1-3H3. The molecule has 0 aromatic carbocycles. The first-order chi connectivity index (χ1) is 7.02. The van der Waals surface area contributed by atoms with Crippen molar-refractivity contribution in [2.75, 3.05) is 13.1 Å². The van der Waals surface area contributed by atoms with Crippen LogP contribution in [0.4, 0.5) is 0 Å². The van der Waals surface area contributed by atoms with Gasteiger partial charge in [0.2, 0.25) is 0 Å². The van der Waals surface area contributed by atoms with Crippen molar-refractivity contribution < 1.29 is 5.11 Å². The quantitative estimate of drug-likeness (QED) is 0.757. The smallest absolute Gasteiger partial charge is 0.118 e. The monoisotopic (exact) mass is 209 g/mol. The lowest BCUT2D eigenvalue weighted by Gasteiger charge is -2.23. The Bertz CT molecular complexity index is 285. The molecule has 0 aliphatic carbocycles. The van der Waals surface area contributed by atoms with E-state index in [1.807, 2.05) is 0 Å². The van der Waals surface area contributed by atoms with Crippen LogP contribution in [0.25, 0.3) is 0 Å². The van der Waals surface area contributed by atoms with E-state index < -0.39 is 5.60 Å². The Balaban J connectivity index is 2.52. The van der Waals surface area contributed by atoms with Gasteiger partial charge < -0.3 is 10.4 Å². The molecule has 0 fully saturated rings. The molecule has 84 valence electrons. The molecule has 1 aromatic rings. The number of nitrogens with one attached hydrogen (secondary N) is 1. The van der Waals surface area contributed by atoms with Crippen LogP contribution in [0.1, 0.15) is 26.5 Å². The first kappa shape index (κ1) is 12.1. The maximum absolute atomic E-state index is 10.1. The highest BCUT2D eigenvalue weighted by Gasteiger charge is 2.24. The van der Waals surface area contributed by atoms with E-state index in [9.17, 15) is 5.11 Å². The zero-order chi connectivity index (χ0) is 11.3. The van der Waals surface area contributed by atoms with Crippen molar-refractivity contribution in [2.24, 2.45) is 5.92 Å². The normalized spacial score (nSPS) is 15.3. The minimum Gasteiger partial charge on any atom is -0.382 e. The number of rotatable bonds is 5. The summed E-state index contributed by atoms with van der Waals surface area (Å²) in [5, 5.41) is 13.3. The van der Waals surface area contributed by atoms with Gasteiger partial charge in [-0.15, -0.1) is 0 Å². The topological polar surface area (TPSA) is 58.0 Å². The van der Waals surface area contributed by atoms with E-state index >= 15 is 0 Å². The molecular weight excluding hydrogens is 190 g/mol. The molecule has 4 nitrogen and oxygen atoms in total. The lowest BCUT2D eigenvalue weighted by atomic mass is 10.0. The van der Waals surface area contributed by atoms with Crippen LogP contribution in [0, 0.1) is 5.92 Å². The summed E-state index contributed by atoms with van der Waals surface area (Å²) in [5.41, 5.74) is -0.357. The molecule has 2 N–H and O–H groups in total. The molecule has 1 unspecified atom stereocenters. The molecule has 15 heavy (non-hydrogen) atoms. The average molecular weight is 209 g/mol. The molecule has 4 heteroatoms. The van der Waals surface area contributed by atoms with Crippen molar-refractivity contribution in [3.63, 3.8) is 0 Å². The molecule has 0 aliphatic heterocycles. The third-order valence-corrected chi connectivity index (χ3v) is 2.14. The number of aromatic nitrogens is 2. The summed E-state index contributed by atoms with van der Waals surface area (Å²) in [6.07, 6.45) is 4.78. The van der Waals surface area contributed by atoms with Crippen LogP contribution in [0.3, 0.4) is 0 Å². The predicted octanol–water partition coefficient (Wildman–Crippen LogP) is 0.930. The fourth-order valence-electron chi connectivity index (χ4n) is 1.27. The van der Waals surface area contributed by atoms with Crippen molar-refractivity contribution in [3.05, 3.63) is 24.3 Å². The molecule has 0 aliphatic rings. The van der Waals surface area contributed by atoms with Crippen molar-refractivity contribution >= 4 is 0 Å². The van der Waals surface area contributed by atoms with Crippen LogP contribution >= 0.6 is 0 Å². The van der Waals surface area contributed by atoms with Gasteiger partial charge in [-0.1, -0.05) is 13.8 Å². The summed E-state index contributed by atoms with van der Waals surface area (Å²) in [7, 11) is 0. The Kier molecular flexibility index (Phi) is 4.17.